The maximum Gasteiger partial charge on any atom is 0.225 e. The average Bonchev–Trinajstić information content (AvgIpc) is 3.69. The molecule has 6 rings (SSSR count). The molecule has 1 amide bonds. The first-order valence-corrected chi connectivity index (χ1v) is 12.8. The fraction of sp³-hybridized carbons (Fsp3) is 0.143. The Kier molecular flexibility index (Phi) is 5.87. The van der Waals surface area contributed by atoms with Crippen LogP contribution in [-0.2, 0) is 11.3 Å². The van der Waals surface area contributed by atoms with E-state index in [1.165, 1.54) is 28.2 Å². The summed E-state index contributed by atoms with van der Waals surface area (Å²) in [6.45, 7) is 3.04. The summed E-state index contributed by atoms with van der Waals surface area (Å²) in [4.78, 5) is 20.7. The van der Waals surface area contributed by atoms with E-state index in [0.29, 0.717) is 34.5 Å². The zero-order valence-corrected chi connectivity index (χ0v) is 20.5. The lowest BCUT2D eigenvalue weighted by atomic mass is 10.1. The number of furan rings is 2. The summed E-state index contributed by atoms with van der Waals surface area (Å²) in [5.41, 5.74) is 4.61. The lowest BCUT2D eigenvalue weighted by molar-refractivity contribution is -0.115. The van der Waals surface area contributed by atoms with E-state index in [-0.39, 0.29) is 5.91 Å². The van der Waals surface area contributed by atoms with Gasteiger partial charge in [-0.15, -0.1) is 0 Å². The molecule has 0 saturated heterocycles. The molecule has 0 unspecified atom stereocenters. The van der Waals surface area contributed by atoms with Crippen molar-refractivity contribution in [1.82, 2.24) is 14.5 Å². The van der Waals surface area contributed by atoms with E-state index in [2.05, 4.69) is 57.1 Å². The van der Waals surface area contributed by atoms with E-state index in [9.17, 15) is 4.79 Å². The number of para-hydroxylation sites is 1. The van der Waals surface area contributed by atoms with E-state index in [4.69, 9.17) is 8.83 Å². The number of rotatable bonds is 8. The van der Waals surface area contributed by atoms with Crippen LogP contribution in [-0.4, -0.2) is 26.2 Å². The zero-order chi connectivity index (χ0) is 24.5. The summed E-state index contributed by atoms with van der Waals surface area (Å²) in [6.07, 6.45) is 3.59. The Morgan fingerprint density at radius 2 is 1.75 bits per heavy atom. The Balaban J connectivity index is 1.15. The van der Waals surface area contributed by atoms with Crippen molar-refractivity contribution in [3.05, 3.63) is 79.3 Å². The highest BCUT2D eigenvalue weighted by molar-refractivity contribution is 7.99. The number of anilines is 1. The van der Waals surface area contributed by atoms with Crippen molar-refractivity contribution >= 4 is 45.2 Å². The van der Waals surface area contributed by atoms with Gasteiger partial charge in [-0.3, -0.25) is 4.79 Å². The standard InChI is InChI=1S/C28H24N4O3S/c1-2-32-21-8-4-3-7-19(21)20-17-18(11-12-22(20)32)29-25(33)13-16-36-28-30-26(23-9-5-14-34-23)27(31-28)24-10-6-15-35-24/h3-12,14-15,17H,2,13,16H2,1H3,(H,29,33)(H,30,31). The predicted molar refractivity (Wildman–Crippen MR) is 143 cm³/mol. The number of fused-ring (bicyclic) bond motifs is 3. The summed E-state index contributed by atoms with van der Waals surface area (Å²) < 4.78 is 13.4. The summed E-state index contributed by atoms with van der Waals surface area (Å²) in [6, 6.07) is 21.9. The van der Waals surface area contributed by atoms with Gasteiger partial charge in [-0.2, -0.15) is 0 Å². The first-order valence-electron chi connectivity index (χ1n) is 11.8. The molecule has 6 aromatic rings. The first kappa shape index (κ1) is 22.3. The Hall–Kier alpha value is -4.17. The predicted octanol–water partition coefficient (Wildman–Crippen LogP) is 7.18. The number of aryl methyl sites for hydroxylation is 1. The van der Waals surface area contributed by atoms with Crippen molar-refractivity contribution in [3.63, 3.8) is 0 Å². The van der Waals surface area contributed by atoms with Crippen molar-refractivity contribution in [2.75, 3.05) is 11.1 Å². The fourth-order valence-corrected chi connectivity index (χ4v) is 5.36. The van der Waals surface area contributed by atoms with Gasteiger partial charge >= 0.3 is 0 Å². The van der Waals surface area contributed by atoms with Crippen molar-refractivity contribution in [2.45, 2.75) is 25.0 Å². The van der Waals surface area contributed by atoms with Crippen LogP contribution in [0, 0.1) is 0 Å². The summed E-state index contributed by atoms with van der Waals surface area (Å²) in [5.74, 6) is 1.87. The van der Waals surface area contributed by atoms with Gasteiger partial charge in [0.25, 0.3) is 0 Å². The molecule has 4 heterocycles. The second kappa shape index (κ2) is 9.47. The Labute approximate surface area is 211 Å². The summed E-state index contributed by atoms with van der Waals surface area (Å²) in [7, 11) is 0. The van der Waals surface area contributed by atoms with Gasteiger partial charge in [0, 0.05) is 46.2 Å². The summed E-state index contributed by atoms with van der Waals surface area (Å²) in [5, 5.41) is 6.09. The number of nitrogens with one attached hydrogen (secondary N) is 2. The molecule has 0 radical (unpaired) electrons. The third kappa shape index (κ3) is 4.09. The Morgan fingerprint density at radius 1 is 0.972 bits per heavy atom. The lowest BCUT2D eigenvalue weighted by Crippen LogP contribution is -2.12. The van der Waals surface area contributed by atoms with Crippen molar-refractivity contribution < 1.29 is 13.6 Å². The van der Waals surface area contributed by atoms with Crippen LogP contribution < -0.4 is 5.32 Å². The number of aromatic nitrogens is 3. The van der Waals surface area contributed by atoms with Crippen molar-refractivity contribution in [1.29, 1.82) is 0 Å². The number of nitrogens with zero attached hydrogens (tertiary/aromatic N) is 2. The Morgan fingerprint density at radius 3 is 2.53 bits per heavy atom. The van der Waals surface area contributed by atoms with E-state index >= 15 is 0 Å². The van der Waals surface area contributed by atoms with Crippen LogP contribution in [0.1, 0.15) is 13.3 Å². The molecule has 2 aromatic carbocycles. The molecule has 2 N–H and O–H groups in total. The normalized spacial score (nSPS) is 11.5. The molecule has 36 heavy (non-hydrogen) atoms. The highest BCUT2D eigenvalue weighted by atomic mass is 32.2. The Bertz CT molecular complexity index is 1590. The quantitative estimate of drug-likeness (QED) is 0.218. The SMILES string of the molecule is CCn1c2ccccc2c2cc(NC(=O)CCSc3nc(-c4ccco4)c(-c4ccco4)[nH]3)ccc21. The molecule has 0 fully saturated rings. The molecule has 0 aliphatic heterocycles. The minimum atomic E-state index is -0.0369. The smallest absolute Gasteiger partial charge is 0.225 e. The summed E-state index contributed by atoms with van der Waals surface area (Å²) >= 11 is 1.49. The van der Waals surface area contributed by atoms with Gasteiger partial charge < -0.3 is 23.7 Å². The van der Waals surface area contributed by atoms with Crippen molar-refractivity contribution in [2.24, 2.45) is 0 Å². The number of hydrogen-bond donors (Lipinski definition) is 2. The largest absolute Gasteiger partial charge is 0.463 e. The lowest BCUT2D eigenvalue weighted by Gasteiger charge is -2.06. The number of H-pyrrole nitrogens is 1. The molecular weight excluding hydrogens is 472 g/mol. The molecule has 180 valence electrons. The second-order valence-electron chi connectivity index (χ2n) is 8.36. The van der Waals surface area contributed by atoms with E-state index in [1.54, 1.807) is 12.5 Å². The second-order valence-corrected chi connectivity index (χ2v) is 9.44. The van der Waals surface area contributed by atoms with Gasteiger partial charge in [0.2, 0.25) is 5.91 Å². The van der Waals surface area contributed by atoms with Gasteiger partial charge in [0.05, 0.1) is 12.5 Å². The number of thioether (sulfide) groups is 1. The number of aromatic amines is 1. The third-order valence-corrected chi connectivity index (χ3v) is 7.02. The van der Waals surface area contributed by atoms with Gasteiger partial charge in [-0.1, -0.05) is 30.0 Å². The monoisotopic (exact) mass is 496 g/mol. The number of imidazole rings is 1. The highest BCUT2D eigenvalue weighted by Gasteiger charge is 2.18. The number of carbonyl (C=O) groups excluding carboxylic acids is 1. The van der Waals surface area contributed by atoms with Crippen LogP contribution in [0.5, 0.6) is 0 Å². The molecule has 8 heteroatoms. The van der Waals surface area contributed by atoms with Crippen LogP contribution in [0.2, 0.25) is 0 Å². The number of hydrogen-bond acceptors (Lipinski definition) is 5. The van der Waals surface area contributed by atoms with Crippen molar-refractivity contribution in [3.8, 4) is 22.9 Å². The van der Waals surface area contributed by atoms with E-state index in [0.717, 1.165) is 23.3 Å². The number of carbonyl (C=O) groups is 1. The minimum Gasteiger partial charge on any atom is -0.463 e. The fourth-order valence-electron chi connectivity index (χ4n) is 4.55. The number of amides is 1. The van der Waals surface area contributed by atoms with Crippen LogP contribution in [0.3, 0.4) is 0 Å². The van der Waals surface area contributed by atoms with Crippen LogP contribution >= 0.6 is 11.8 Å². The van der Waals surface area contributed by atoms with Gasteiger partial charge in [-0.25, -0.2) is 4.98 Å². The molecule has 0 bridgehead atoms. The van der Waals surface area contributed by atoms with Gasteiger partial charge in [0.1, 0.15) is 11.4 Å². The molecule has 4 aromatic heterocycles. The first-order chi connectivity index (χ1) is 17.7. The minimum absolute atomic E-state index is 0.0369. The van der Waals surface area contributed by atoms with E-state index in [1.807, 2.05) is 36.4 Å². The van der Waals surface area contributed by atoms with Crippen LogP contribution in [0.25, 0.3) is 44.7 Å². The molecular formula is C28H24N4O3S. The maximum absolute atomic E-state index is 12.7. The molecule has 0 saturated carbocycles. The molecule has 0 aliphatic carbocycles. The van der Waals surface area contributed by atoms with Gasteiger partial charge in [-0.05, 0) is 55.5 Å². The molecule has 7 nitrogen and oxygen atoms in total. The average molecular weight is 497 g/mol. The van der Waals surface area contributed by atoms with Gasteiger partial charge in [0.15, 0.2) is 16.7 Å². The maximum atomic E-state index is 12.7. The number of benzene rings is 2. The van der Waals surface area contributed by atoms with Crippen LogP contribution in [0.15, 0.2) is 93.2 Å². The van der Waals surface area contributed by atoms with E-state index < -0.39 is 0 Å². The molecule has 0 atom stereocenters. The highest BCUT2D eigenvalue weighted by Crippen LogP contribution is 2.34. The topological polar surface area (TPSA) is 89.0 Å². The molecule has 0 spiro atoms. The molecule has 0 aliphatic rings. The van der Waals surface area contributed by atoms with Crippen LogP contribution in [0.4, 0.5) is 5.69 Å². The zero-order valence-electron chi connectivity index (χ0n) is 19.7. The third-order valence-electron chi connectivity index (χ3n) is 6.14.